The van der Waals surface area contributed by atoms with Gasteiger partial charge in [-0.15, -0.1) is 0 Å². The number of likely N-dealkylation sites (N-methyl/N-ethyl adjacent to an activating group) is 1. The van der Waals surface area contributed by atoms with Gasteiger partial charge in [0, 0.05) is 45.1 Å². The number of rotatable bonds is 5. The van der Waals surface area contributed by atoms with Crippen LogP contribution in [-0.4, -0.2) is 59.6 Å². The summed E-state index contributed by atoms with van der Waals surface area (Å²) < 4.78 is 41.6. The Morgan fingerprint density at radius 3 is 2.46 bits per heavy atom. The quantitative estimate of drug-likeness (QED) is 0.525. The van der Waals surface area contributed by atoms with Crippen LogP contribution in [0.3, 0.4) is 0 Å². The van der Waals surface area contributed by atoms with E-state index in [2.05, 4.69) is 10.2 Å². The van der Waals surface area contributed by atoms with Crippen molar-refractivity contribution in [3.8, 4) is 17.5 Å². The molecule has 0 bridgehead atoms. The molecule has 1 atom stereocenters. The molecule has 1 aromatic carbocycles. The lowest BCUT2D eigenvalue weighted by Gasteiger charge is -2.42. The first-order chi connectivity index (χ1) is 18.6. The van der Waals surface area contributed by atoms with Gasteiger partial charge in [0.2, 0.25) is 5.91 Å². The Labute approximate surface area is 225 Å². The van der Waals surface area contributed by atoms with Gasteiger partial charge in [-0.25, -0.2) is 0 Å². The smallest absolute Gasteiger partial charge is 0.370 e. The number of anilines is 1. The number of nitrogens with one attached hydrogen (secondary N) is 1. The Bertz CT molecular complexity index is 1380. The second kappa shape index (κ2) is 10.4. The number of alkyl halides is 3. The highest BCUT2D eigenvalue weighted by Gasteiger charge is 2.44. The zero-order valence-electron chi connectivity index (χ0n) is 22.0. The number of aryl methyl sites for hydroxylation is 1. The van der Waals surface area contributed by atoms with Crippen molar-refractivity contribution in [1.29, 1.82) is 5.26 Å². The molecular formula is C29H31F3N6O. The van der Waals surface area contributed by atoms with E-state index >= 15 is 0 Å². The van der Waals surface area contributed by atoms with Gasteiger partial charge in [0.15, 0.2) is 0 Å². The monoisotopic (exact) mass is 536 g/mol. The molecular weight excluding hydrogens is 505 g/mol. The number of halogens is 3. The average Bonchev–Trinajstić information content (AvgIpc) is 3.55. The van der Waals surface area contributed by atoms with Crippen molar-refractivity contribution in [3.63, 3.8) is 0 Å². The third-order valence-electron chi connectivity index (χ3n) is 8.09. The van der Waals surface area contributed by atoms with Gasteiger partial charge in [-0.3, -0.25) is 9.78 Å². The molecule has 2 fully saturated rings. The maximum atomic E-state index is 13.9. The number of hydrogen-bond acceptors (Lipinski definition) is 5. The second-order valence-electron chi connectivity index (χ2n) is 10.6. The summed E-state index contributed by atoms with van der Waals surface area (Å²) >= 11 is 0. The zero-order chi connectivity index (χ0) is 27.8. The van der Waals surface area contributed by atoms with E-state index in [4.69, 9.17) is 4.98 Å². The number of amides is 1. The van der Waals surface area contributed by atoms with E-state index in [1.54, 1.807) is 6.20 Å². The fourth-order valence-corrected chi connectivity index (χ4v) is 5.79. The van der Waals surface area contributed by atoms with Gasteiger partial charge < -0.3 is 19.7 Å². The summed E-state index contributed by atoms with van der Waals surface area (Å²) in [5.41, 5.74) is 1.33. The molecule has 0 spiro atoms. The maximum Gasteiger partial charge on any atom is 0.416 e. The molecule has 4 heterocycles. The van der Waals surface area contributed by atoms with Gasteiger partial charge in [0.05, 0.1) is 33.6 Å². The second-order valence-corrected chi connectivity index (χ2v) is 10.6. The van der Waals surface area contributed by atoms with Crippen LogP contribution in [0.1, 0.15) is 36.0 Å². The normalized spacial score (nSPS) is 19.6. The van der Waals surface area contributed by atoms with Gasteiger partial charge in [0.1, 0.15) is 6.07 Å². The minimum Gasteiger partial charge on any atom is -0.370 e. The number of carbonyl (C=O) groups is 1. The number of pyridine rings is 1. The van der Waals surface area contributed by atoms with Crippen molar-refractivity contribution in [3.05, 3.63) is 71.5 Å². The first kappa shape index (κ1) is 26.8. The summed E-state index contributed by atoms with van der Waals surface area (Å²) in [7, 11) is 3.98. The topological polar surface area (TPSA) is 77.2 Å². The number of likely N-dealkylation sites (tertiary alicyclic amines) is 1. The van der Waals surface area contributed by atoms with Gasteiger partial charge in [-0.05, 0) is 74.8 Å². The van der Waals surface area contributed by atoms with Crippen molar-refractivity contribution in [2.24, 2.45) is 7.05 Å². The molecule has 3 aromatic rings. The standard InChI is InChI=1S/C29H31F3N6O/c1-36-13-9-23(19-36)35-27(39)28(22-5-7-24(34-18-22)26-4-3-12-37(26)2)10-14-38(15-11-28)25-8-6-21(29(30,31)32)16-20(25)17-33/h3-8,12,16,18,23H,9-11,13-15,19H2,1-2H3,(H,35,39)/t23-/m0/s1. The third kappa shape index (κ3) is 5.23. The van der Waals surface area contributed by atoms with Crippen LogP contribution >= 0.6 is 0 Å². The fraction of sp³-hybridized carbons (Fsp3) is 0.414. The highest BCUT2D eigenvalue weighted by atomic mass is 19.4. The van der Waals surface area contributed by atoms with Crippen molar-refractivity contribution in [1.82, 2.24) is 19.8 Å². The van der Waals surface area contributed by atoms with Gasteiger partial charge in [-0.2, -0.15) is 18.4 Å². The Morgan fingerprint density at radius 1 is 1.13 bits per heavy atom. The van der Waals surface area contributed by atoms with Crippen LogP contribution in [0.15, 0.2) is 54.9 Å². The molecule has 0 saturated carbocycles. The molecule has 0 aliphatic carbocycles. The molecule has 39 heavy (non-hydrogen) atoms. The lowest BCUT2D eigenvalue weighted by molar-refractivity contribution is -0.137. The summed E-state index contributed by atoms with van der Waals surface area (Å²) in [5.74, 6) is -0.0520. The minimum atomic E-state index is -4.52. The molecule has 1 N–H and O–H groups in total. The summed E-state index contributed by atoms with van der Waals surface area (Å²) in [4.78, 5) is 22.7. The van der Waals surface area contributed by atoms with E-state index in [0.717, 1.165) is 48.6 Å². The molecule has 7 nitrogen and oxygen atoms in total. The number of nitrogens with zero attached hydrogens (tertiary/aromatic N) is 5. The van der Waals surface area contributed by atoms with E-state index in [9.17, 15) is 23.2 Å². The SMILES string of the molecule is CN1CC[C@H](NC(=O)C2(c3ccc(-c4cccn4C)nc3)CCN(c3ccc(C(F)(F)F)cc3C#N)CC2)C1. The number of benzene rings is 1. The van der Waals surface area contributed by atoms with E-state index in [1.165, 1.54) is 6.07 Å². The highest BCUT2D eigenvalue weighted by molar-refractivity contribution is 5.89. The number of carbonyl (C=O) groups excluding carboxylic acids is 1. The lowest BCUT2D eigenvalue weighted by Crippen LogP contribution is -2.54. The molecule has 2 aliphatic heterocycles. The average molecular weight is 537 g/mol. The first-order valence-electron chi connectivity index (χ1n) is 13.0. The van der Waals surface area contributed by atoms with Crippen molar-refractivity contribution in [2.75, 3.05) is 38.1 Å². The summed E-state index contributed by atoms with van der Waals surface area (Å²) in [6, 6.07) is 13.1. The summed E-state index contributed by atoms with van der Waals surface area (Å²) in [6.07, 6.45) is 0.970. The van der Waals surface area contributed by atoms with Crippen LogP contribution in [0.25, 0.3) is 11.4 Å². The first-order valence-corrected chi connectivity index (χ1v) is 13.0. The predicted octanol–water partition coefficient (Wildman–Crippen LogP) is 4.34. The number of hydrogen-bond donors (Lipinski definition) is 1. The number of piperidine rings is 1. The highest BCUT2D eigenvalue weighted by Crippen LogP contribution is 2.40. The van der Waals surface area contributed by atoms with Crippen LogP contribution < -0.4 is 10.2 Å². The van der Waals surface area contributed by atoms with Crippen LogP contribution in [0.2, 0.25) is 0 Å². The van der Waals surface area contributed by atoms with Crippen LogP contribution in [0.5, 0.6) is 0 Å². The molecule has 0 radical (unpaired) electrons. The Morgan fingerprint density at radius 2 is 1.90 bits per heavy atom. The Kier molecular flexibility index (Phi) is 7.12. The van der Waals surface area contributed by atoms with Crippen molar-refractivity contribution in [2.45, 2.75) is 36.9 Å². The van der Waals surface area contributed by atoms with Gasteiger partial charge in [0.25, 0.3) is 0 Å². The summed E-state index contributed by atoms with van der Waals surface area (Å²) in [5, 5.41) is 12.9. The molecule has 2 aliphatic rings. The maximum absolute atomic E-state index is 13.9. The molecule has 2 saturated heterocycles. The third-order valence-corrected chi connectivity index (χ3v) is 8.09. The molecule has 2 aromatic heterocycles. The van der Waals surface area contributed by atoms with Crippen LogP contribution in [0.4, 0.5) is 18.9 Å². The molecule has 10 heteroatoms. The van der Waals surface area contributed by atoms with E-state index < -0.39 is 17.2 Å². The largest absolute Gasteiger partial charge is 0.416 e. The molecule has 1 amide bonds. The molecule has 204 valence electrons. The van der Waals surface area contributed by atoms with Crippen molar-refractivity contribution >= 4 is 11.6 Å². The van der Waals surface area contributed by atoms with Gasteiger partial charge in [-0.1, -0.05) is 6.07 Å². The predicted molar refractivity (Wildman–Crippen MR) is 142 cm³/mol. The van der Waals surface area contributed by atoms with E-state index in [1.807, 2.05) is 60.1 Å². The number of nitriles is 1. The van der Waals surface area contributed by atoms with Crippen LogP contribution in [-0.2, 0) is 23.4 Å². The van der Waals surface area contributed by atoms with E-state index in [0.29, 0.717) is 31.6 Å². The minimum absolute atomic E-state index is 0.0237. The van der Waals surface area contributed by atoms with Crippen LogP contribution in [0, 0.1) is 11.3 Å². The molecule has 0 unspecified atom stereocenters. The summed E-state index contributed by atoms with van der Waals surface area (Å²) in [6.45, 7) is 2.54. The zero-order valence-corrected chi connectivity index (χ0v) is 22.0. The molecule has 5 rings (SSSR count). The number of aromatic nitrogens is 2. The van der Waals surface area contributed by atoms with Crippen molar-refractivity contribution < 1.29 is 18.0 Å². The van der Waals surface area contributed by atoms with E-state index in [-0.39, 0.29) is 17.5 Å². The fourth-order valence-electron chi connectivity index (χ4n) is 5.79. The Hall–Kier alpha value is -3.84. The van der Waals surface area contributed by atoms with Gasteiger partial charge >= 0.3 is 6.18 Å². The lowest BCUT2D eigenvalue weighted by atomic mass is 9.72. The Balaban J connectivity index is 1.43.